The van der Waals surface area contributed by atoms with Gasteiger partial charge in [-0.1, -0.05) is 32.9 Å². The molecule has 0 spiro atoms. The maximum atomic E-state index is 12.5. The molecule has 4 N–H and O–H groups in total. The fourth-order valence-electron chi connectivity index (χ4n) is 3.30. The summed E-state index contributed by atoms with van der Waals surface area (Å²) in [7, 11) is 0. The van der Waals surface area contributed by atoms with E-state index in [0.29, 0.717) is 23.4 Å². The van der Waals surface area contributed by atoms with Crippen molar-refractivity contribution in [2.75, 3.05) is 25.0 Å². The number of nitrogens with two attached hydrogens (primary N) is 1. The van der Waals surface area contributed by atoms with E-state index in [2.05, 4.69) is 31.4 Å². The molecule has 8 heteroatoms. The summed E-state index contributed by atoms with van der Waals surface area (Å²) in [6, 6.07) is 13.7. The topological polar surface area (TPSA) is 122 Å². The summed E-state index contributed by atoms with van der Waals surface area (Å²) in [5.74, 6) is -1.14. The Labute approximate surface area is 200 Å². The molecular weight excluding hydrogens is 432 g/mol. The van der Waals surface area contributed by atoms with Crippen LogP contribution in [0.4, 0.5) is 5.69 Å². The number of anilines is 1. The molecule has 0 aliphatic carbocycles. The van der Waals surface area contributed by atoms with Crippen molar-refractivity contribution in [3.8, 4) is 0 Å². The van der Waals surface area contributed by atoms with E-state index in [1.807, 2.05) is 19.1 Å². The first-order valence-electron chi connectivity index (χ1n) is 11.4. The zero-order valence-electron chi connectivity index (χ0n) is 20.3. The van der Waals surface area contributed by atoms with Gasteiger partial charge in [-0.05, 0) is 54.3 Å². The molecule has 4 amide bonds. The molecule has 0 aliphatic heterocycles. The second kappa shape index (κ2) is 12.0. The summed E-state index contributed by atoms with van der Waals surface area (Å²) in [5, 5.41) is 5.51. The summed E-state index contributed by atoms with van der Waals surface area (Å²) in [6.45, 7) is 9.12. The highest BCUT2D eigenvalue weighted by Crippen LogP contribution is 2.22. The second-order valence-corrected chi connectivity index (χ2v) is 9.05. The Morgan fingerprint density at radius 2 is 1.47 bits per heavy atom. The van der Waals surface area contributed by atoms with Crippen molar-refractivity contribution >= 4 is 29.3 Å². The summed E-state index contributed by atoms with van der Waals surface area (Å²) >= 11 is 0. The number of amides is 4. The highest BCUT2D eigenvalue weighted by molar-refractivity contribution is 5.95. The first-order chi connectivity index (χ1) is 16.0. The SMILES string of the molecule is CCN(CCC(=O)Nc1ccc(C(N)=O)cc1)C(=O)CCNC(=O)c1ccc(C(C)(C)C)cc1. The van der Waals surface area contributed by atoms with Crippen molar-refractivity contribution in [2.45, 2.75) is 46.0 Å². The predicted octanol–water partition coefficient (Wildman–Crippen LogP) is 3.08. The summed E-state index contributed by atoms with van der Waals surface area (Å²) < 4.78 is 0. The number of carbonyl (C=O) groups is 4. The van der Waals surface area contributed by atoms with Gasteiger partial charge in [0.15, 0.2) is 0 Å². The van der Waals surface area contributed by atoms with Crippen molar-refractivity contribution < 1.29 is 19.2 Å². The smallest absolute Gasteiger partial charge is 0.251 e. The van der Waals surface area contributed by atoms with E-state index < -0.39 is 5.91 Å². The number of primary amides is 1. The lowest BCUT2D eigenvalue weighted by Gasteiger charge is -2.21. The van der Waals surface area contributed by atoms with Gasteiger partial charge in [-0.25, -0.2) is 0 Å². The van der Waals surface area contributed by atoms with Crippen LogP contribution >= 0.6 is 0 Å². The van der Waals surface area contributed by atoms with Gasteiger partial charge < -0.3 is 21.3 Å². The zero-order chi connectivity index (χ0) is 25.3. The van der Waals surface area contributed by atoms with Crippen LogP contribution in [-0.4, -0.2) is 48.2 Å². The molecule has 2 aromatic carbocycles. The van der Waals surface area contributed by atoms with Gasteiger partial charge in [0.2, 0.25) is 17.7 Å². The lowest BCUT2D eigenvalue weighted by Crippen LogP contribution is -2.36. The van der Waals surface area contributed by atoms with Crippen LogP contribution in [0, 0.1) is 0 Å². The molecule has 2 rings (SSSR count). The Balaban J connectivity index is 1.76. The molecule has 0 heterocycles. The standard InChI is InChI=1S/C26H34N4O4/c1-5-30(17-15-22(31)29-21-12-8-18(9-13-21)24(27)33)23(32)14-16-28-25(34)19-6-10-20(11-7-19)26(2,3)4/h6-13H,5,14-17H2,1-4H3,(H2,27,33)(H,28,34)(H,29,31). The van der Waals surface area contributed by atoms with E-state index >= 15 is 0 Å². The molecule has 0 radical (unpaired) electrons. The van der Waals surface area contributed by atoms with Crippen LogP contribution in [0.1, 0.15) is 66.8 Å². The van der Waals surface area contributed by atoms with Gasteiger partial charge in [0, 0.05) is 49.3 Å². The summed E-state index contributed by atoms with van der Waals surface area (Å²) in [6.07, 6.45) is 0.277. The first-order valence-corrected chi connectivity index (χ1v) is 11.4. The number of nitrogens with zero attached hydrogens (tertiary/aromatic N) is 1. The number of hydrogen-bond acceptors (Lipinski definition) is 4. The van der Waals surface area contributed by atoms with E-state index in [0.717, 1.165) is 5.56 Å². The van der Waals surface area contributed by atoms with E-state index in [1.54, 1.807) is 29.2 Å². The molecule has 34 heavy (non-hydrogen) atoms. The monoisotopic (exact) mass is 466 g/mol. The Bertz CT molecular complexity index is 1010. The number of rotatable bonds is 10. The second-order valence-electron chi connectivity index (χ2n) is 9.05. The van der Waals surface area contributed by atoms with Gasteiger partial charge in [0.05, 0.1) is 0 Å². The van der Waals surface area contributed by atoms with Crippen LogP contribution in [0.2, 0.25) is 0 Å². The van der Waals surface area contributed by atoms with Crippen molar-refractivity contribution in [1.29, 1.82) is 0 Å². The van der Waals surface area contributed by atoms with Gasteiger partial charge >= 0.3 is 0 Å². The van der Waals surface area contributed by atoms with E-state index in [1.165, 1.54) is 12.1 Å². The van der Waals surface area contributed by atoms with Crippen LogP contribution in [0.3, 0.4) is 0 Å². The molecule has 0 saturated carbocycles. The van der Waals surface area contributed by atoms with Crippen LogP contribution in [0.25, 0.3) is 0 Å². The van der Waals surface area contributed by atoms with Crippen molar-refractivity contribution in [3.63, 3.8) is 0 Å². The lowest BCUT2D eigenvalue weighted by atomic mass is 9.87. The predicted molar refractivity (Wildman–Crippen MR) is 133 cm³/mol. The fourth-order valence-corrected chi connectivity index (χ4v) is 3.30. The van der Waals surface area contributed by atoms with Gasteiger partial charge in [-0.2, -0.15) is 0 Å². The normalized spacial score (nSPS) is 10.9. The van der Waals surface area contributed by atoms with Gasteiger partial charge in [-0.15, -0.1) is 0 Å². The average Bonchev–Trinajstić information content (AvgIpc) is 2.79. The average molecular weight is 467 g/mol. The minimum Gasteiger partial charge on any atom is -0.366 e. The Hall–Kier alpha value is -3.68. The number of carbonyl (C=O) groups excluding carboxylic acids is 4. The molecule has 0 fully saturated rings. The van der Waals surface area contributed by atoms with Gasteiger partial charge in [-0.3, -0.25) is 19.2 Å². The summed E-state index contributed by atoms with van der Waals surface area (Å²) in [4.78, 5) is 49.8. The quantitative estimate of drug-likeness (QED) is 0.498. The Morgan fingerprint density at radius 1 is 0.882 bits per heavy atom. The van der Waals surface area contributed by atoms with Gasteiger partial charge in [0.1, 0.15) is 0 Å². The molecule has 0 unspecified atom stereocenters. The minimum atomic E-state index is -0.537. The van der Waals surface area contributed by atoms with Crippen molar-refractivity contribution in [3.05, 3.63) is 65.2 Å². The maximum absolute atomic E-state index is 12.5. The molecule has 182 valence electrons. The fraction of sp³-hybridized carbons (Fsp3) is 0.385. The van der Waals surface area contributed by atoms with Crippen LogP contribution in [0.15, 0.2) is 48.5 Å². The zero-order valence-corrected chi connectivity index (χ0v) is 20.3. The van der Waals surface area contributed by atoms with E-state index in [4.69, 9.17) is 5.73 Å². The molecule has 2 aromatic rings. The third-order valence-corrected chi connectivity index (χ3v) is 5.43. The molecule has 0 aromatic heterocycles. The Morgan fingerprint density at radius 3 is 2.00 bits per heavy atom. The van der Waals surface area contributed by atoms with E-state index in [9.17, 15) is 19.2 Å². The third-order valence-electron chi connectivity index (χ3n) is 5.43. The minimum absolute atomic E-state index is 0.0114. The number of nitrogens with one attached hydrogen (secondary N) is 2. The molecular formula is C26H34N4O4. The van der Waals surface area contributed by atoms with Gasteiger partial charge in [0.25, 0.3) is 5.91 Å². The first kappa shape index (κ1) is 26.6. The van der Waals surface area contributed by atoms with Crippen LogP contribution in [-0.2, 0) is 15.0 Å². The van der Waals surface area contributed by atoms with Crippen LogP contribution in [0.5, 0.6) is 0 Å². The molecule has 0 saturated heterocycles. The lowest BCUT2D eigenvalue weighted by molar-refractivity contribution is -0.131. The number of benzene rings is 2. The number of hydrogen-bond donors (Lipinski definition) is 3. The summed E-state index contributed by atoms with van der Waals surface area (Å²) in [5.41, 5.74) is 7.81. The third kappa shape index (κ3) is 8.03. The highest BCUT2D eigenvalue weighted by atomic mass is 16.2. The molecule has 0 aliphatic rings. The maximum Gasteiger partial charge on any atom is 0.251 e. The highest BCUT2D eigenvalue weighted by Gasteiger charge is 2.16. The molecule has 8 nitrogen and oxygen atoms in total. The van der Waals surface area contributed by atoms with E-state index in [-0.39, 0.29) is 49.1 Å². The largest absolute Gasteiger partial charge is 0.366 e. The van der Waals surface area contributed by atoms with Crippen LogP contribution < -0.4 is 16.4 Å². The van der Waals surface area contributed by atoms with Crippen molar-refractivity contribution in [1.82, 2.24) is 10.2 Å². The molecule has 0 atom stereocenters. The Kier molecular flexibility index (Phi) is 9.36. The van der Waals surface area contributed by atoms with Crippen molar-refractivity contribution in [2.24, 2.45) is 5.73 Å². The molecule has 0 bridgehead atoms.